The maximum absolute atomic E-state index is 4.45. The number of rotatable bonds is 4. The minimum Gasteiger partial charge on any atom is -0.314 e. The molecule has 2 rings (SSSR count). The van der Waals surface area contributed by atoms with Crippen LogP contribution in [0.25, 0.3) is 0 Å². The Morgan fingerprint density at radius 3 is 2.88 bits per heavy atom. The number of hydrogen-bond donors (Lipinski definition) is 1. The summed E-state index contributed by atoms with van der Waals surface area (Å²) < 4.78 is 3.32. The highest BCUT2D eigenvalue weighted by Crippen LogP contribution is 2.36. The van der Waals surface area contributed by atoms with Gasteiger partial charge >= 0.3 is 0 Å². The molecule has 0 bridgehead atoms. The summed E-state index contributed by atoms with van der Waals surface area (Å²) in [4.78, 5) is 0. The van der Waals surface area contributed by atoms with Crippen molar-refractivity contribution in [2.75, 3.05) is 6.54 Å². The predicted octanol–water partition coefficient (Wildman–Crippen LogP) is 3.30. The van der Waals surface area contributed by atoms with Crippen LogP contribution in [0.5, 0.6) is 0 Å². The number of hydrogen-bond acceptors (Lipinski definition) is 2. The molecule has 17 heavy (non-hydrogen) atoms. The van der Waals surface area contributed by atoms with Gasteiger partial charge < -0.3 is 5.32 Å². The molecule has 1 aromatic rings. The molecule has 0 amide bonds. The Labute approximate surface area is 112 Å². The van der Waals surface area contributed by atoms with E-state index in [4.69, 9.17) is 0 Å². The molecule has 1 aromatic heterocycles. The molecule has 96 valence electrons. The van der Waals surface area contributed by atoms with Gasteiger partial charge in [-0.05, 0) is 42.2 Å². The minimum atomic E-state index is 0.612. The number of halogens is 1. The van der Waals surface area contributed by atoms with E-state index < -0.39 is 0 Å². The fourth-order valence-electron chi connectivity index (χ4n) is 2.96. The largest absolute Gasteiger partial charge is 0.314 e. The van der Waals surface area contributed by atoms with E-state index in [0.29, 0.717) is 12.0 Å². The third-order valence-electron chi connectivity index (χ3n) is 3.72. The van der Waals surface area contributed by atoms with Gasteiger partial charge in [0.15, 0.2) is 0 Å². The van der Waals surface area contributed by atoms with Crippen LogP contribution < -0.4 is 5.32 Å². The van der Waals surface area contributed by atoms with Crippen molar-refractivity contribution in [2.45, 2.75) is 58.0 Å². The second-order valence-electron chi connectivity index (χ2n) is 4.75. The quantitative estimate of drug-likeness (QED) is 0.924. The summed E-state index contributed by atoms with van der Waals surface area (Å²) in [6.07, 6.45) is 7.21. The first kappa shape index (κ1) is 13.1. The standard InChI is InChI=1S/C13H22BrN3/c1-3-15-12-8-6-5-7-10(12)13-11(14)9-16-17(13)4-2/h9-10,12,15H,3-8H2,1-2H3. The van der Waals surface area contributed by atoms with E-state index in [0.717, 1.165) is 13.1 Å². The molecule has 3 nitrogen and oxygen atoms in total. The van der Waals surface area contributed by atoms with Gasteiger partial charge in [0.05, 0.1) is 16.4 Å². The Morgan fingerprint density at radius 1 is 1.41 bits per heavy atom. The van der Waals surface area contributed by atoms with Crippen molar-refractivity contribution in [3.8, 4) is 0 Å². The van der Waals surface area contributed by atoms with E-state index in [-0.39, 0.29) is 0 Å². The summed E-state index contributed by atoms with van der Waals surface area (Å²) in [6.45, 7) is 6.36. The van der Waals surface area contributed by atoms with Crippen molar-refractivity contribution in [2.24, 2.45) is 0 Å². The molecule has 0 radical (unpaired) electrons. The molecule has 1 saturated carbocycles. The zero-order valence-electron chi connectivity index (χ0n) is 10.7. The van der Waals surface area contributed by atoms with E-state index in [1.54, 1.807) is 0 Å². The normalized spacial score (nSPS) is 25.1. The molecule has 2 atom stereocenters. The van der Waals surface area contributed by atoms with Crippen molar-refractivity contribution in [1.29, 1.82) is 0 Å². The average molecular weight is 300 g/mol. The second-order valence-corrected chi connectivity index (χ2v) is 5.60. The molecule has 1 aliphatic rings. The lowest BCUT2D eigenvalue weighted by molar-refractivity contribution is 0.318. The van der Waals surface area contributed by atoms with E-state index >= 15 is 0 Å². The fraction of sp³-hybridized carbons (Fsp3) is 0.769. The lowest BCUT2D eigenvalue weighted by Gasteiger charge is -2.32. The van der Waals surface area contributed by atoms with Gasteiger partial charge in [-0.3, -0.25) is 4.68 Å². The van der Waals surface area contributed by atoms with Gasteiger partial charge in [0.2, 0.25) is 0 Å². The Kier molecular flexibility index (Phi) is 4.62. The van der Waals surface area contributed by atoms with E-state index in [2.05, 4.69) is 44.9 Å². The van der Waals surface area contributed by atoms with Gasteiger partial charge in [0.25, 0.3) is 0 Å². The topological polar surface area (TPSA) is 29.9 Å². The van der Waals surface area contributed by atoms with Crippen LogP contribution in [0.4, 0.5) is 0 Å². The third-order valence-corrected chi connectivity index (χ3v) is 4.33. The molecule has 0 aliphatic heterocycles. The Hall–Kier alpha value is -0.350. The maximum Gasteiger partial charge on any atom is 0.0635 e. The number of nitrogens with zero attached hydrogens (tertiary/aromatic N) is 2. The van der Waals surface area contributed by atoms with Crippen LogP contribution in [-0.2, 0) is 6.54 Å². The smallest absolute Gasteiger partial charge is 0.0635 e. The van der Waals surface area contributed by atoms with Crippen molar-refractivity contribution < 1.29 is 0 Å². The average Bonchev–Trinajstić information content (AvgIpc) is 2.72. The predicted molar refractivity (Wildman–Crippen MR) is 74.3 cm³/mol. The summed E-state index contributed by atoms with van der Waals surface area (Å²) in [5.41, 5.74) is 1.39. The first-order chi connectivity index (χ1) is 8.27. The third kappa shape index (κ3) is 2.74. The minimum absolute atomic E-state index is 0.612. The number of aromatic nitrogens is 2. The van der Waals surface area contributed by atoms with Crippen LogP contribution in [0.3, 0.4) is 0 Å². The molecule has 1 heterocycles. The van der Waals surface area contributed by atoms with E-state index in [1.165, 1.54) is 35.8 Å². The lowest BCUT2D eigenvalue weighted by Crippen LogP contribution is -2.38. The number of aryl methyl sites for hydroxylation is 1. The van der Waals surface area contributed by atoms with Crippen LogP contribution in [0.15, 0.2) is 10.7 Å². The van der Waals surface area contributed by atoms with Crippen molar-refractivity contribution in [3.63, 3.8) is 0 Å². The molecule has 1 N–H and O–H groups in total. The fourth-order valence-corrected chi connectivity index (χ4v) is 3.55. The number of likely N-dealkylation sites (N-methyl/N-ethyl adjacent to an activating group) is 1. The molecule has 0 spiro atoms. The van der Waals surface area contributed by atoms with E-state index in [1.807, 2.05) is 6.20 Å². The molecule has 0 saturated heterocycles. The molecule has 1 aliphatic carbocycles. The van der Waals surface area contributed by atoms with Crippen LogP contribution in [0.1, 0.15) is 51.1 Å². The van der Waals surface area contributed by atoms with Crippen molar-refractivity contribution in [3.05, 3.63) is 16.4 Å². The van der Waals surface area contributed by atoms with Crippen molar-refractivity contribution >= 4 is 15.9 Å². The van der Waals surface area contributed by atoms with Crippen LogP contribution in [0, 0.1) is 0 Å². The lowest BCUT2D eigenvalue weighted by atomic mass is 9.82. The van der Waals surface area contributed by atoms with Crippen molar-refractivity contribution in [1.82, 2.24) is 15.1 Å². The Balaban J connectivity index is 2.25. The van der Waals surface area contributed by atoms with Crippen LogP contribution in [-0.4, -0.2) is 22.4 Å². The highest BCUT2D eigenvalue weighted by Gasteiger charge is 2.29. The van der Waals surface area contributed by atoms with Gasteiger partial charge in [-0.15, -0.1) is 0 Å². The monoisotopic (exact) mass is 299 g/mol. The Morgan fingerprint density at radius 2 is 2.18 bits per heavy atom. The summed E-state index contributed by atoms with van der Waals surface area (Å²) in [5, 5.41) is 8.09. The first-order valence-electron chi connectivity index (χ1n) is 6.72. The highest BCUT2D eigenvalue weighted by molar-refractivity contribution is 9.10. The molecule has 1 fully saturated rings. The molecule has 2 unspecified atom stereocenters. The summed E-state index contributed by atoms with van der Waals surface area (Å²) in [5.74, 6) is 0.612. The van der Waals surface area contributed by atoms with Gasteiger partial charge in [-0.2, -0.15) is 5.10 Å². The summed E-state index contributed by atoms with van der Waals surface area (Å²) >= 11 is 3.66. The maximum atomic E-state index is 4.45. The molecular formula is C13H22BrN3. The molecular weight excluding hydrogens is 278 g/mol. The van der Waals surface area contributed by atoms with Crippen LogP contribution in [0.2, 0.25) is 0 Å². The zero-order valence-corrected chi connectivity index (χ0v) is 12.3. The van der Waals surface area contributed by atoms with Gasteiger partial charge in [0.1, 0.15) is 0 Å². The first-order valence-corrected chi connectivity index (χ1v) is 7.51. The summed E-state index contributed by atoms with van der Waals surface area (Å²) in [6, 6.07) is 0.618. The van der Waals surface area contributed by atoms with Crippen LogP contribution >= 0.6 is 15.9 Å². The molecule has 0 aromatic carbocycles. The number of nitrogens with one attached hydrogen (secondary N) is 1. The van der Waals surface area contributed by atoms with Gasteiger partial charge in [-0.25, -0.2) is 0 Å². The highest BCUT2D eigenvalue weighted by atomic mass is 79.9. The SMILES string of the molecule is CCNC1CCCCC1c1c(Br)cnn1CC. The van der Waals surface area contributed by atoms with Gasteiger partial charge in [-0.1, -0.05) is 19.8 Å². The van der Waals surface area contributed by atoms with Gasteiger partial charge in [0, 0.05) is 18.5 Å². The second kappa shape index (κ2) is 6.01. The summed E-state index contributed by atoms with van der Waals surface area (Å²) in [7, 11) is 0. The van der Waals surface area contributed by atoms with E-state index in [9.17, 15) is 0 Å². The zero-order chi connectivity index (χ0) is 12.3. The Bertz CT molecular complexity index is 360. The molecule has 4 heteroatoms.